The molecule has 0 aliphatic rings. The summed E-state index contributed by atoms with van der Waals surface area (Å²) >= 11 is 1.34. The van der Waals surface area contributed by atoms with E-state index in [1.54, 1.807) is 11.4 Å². The van der Waals surface area contributed by atoms with Crippen LogP contribution >= 0.6 is 11.3 Å². The standard InChI is InChI=1S/C15H12F2N2OS/c16-13-4-3-10(6-14(13)17)8-19-15(20)11-7-12(21-9-11)2-1-5-18/h3-4,6-7,9H,5,8,18H2,(H,19,20). The molecule has 0 atom stereocenters. The Kier molecular flexibility index (Phi) is 5.04. The number of carbonyl (C=O) groups excluding carboxylic acids is 1. The van der Waals surface area contributed by atoms with Crippen LogP contribution in [0.25, 0.3) is 0 Å². The van der Waals surface area contributed by atoms with Crippen LogP contribution < -0.4 is 11.1 Å². The van der Waals surface area contributed by atoms with E-state index in [1.165, 1.54) is 17.4 Å². The Morgan fingerprint density at radius 1 is 1.29 bits per heavy atom. The molecule has 0 spiro atoms. The second kappa shape index (κ2) is 6.97. The Morgan fingerprint density at radius 3 is 2.81 bits per heavy atom. The summed E-state index contributed by atoms with van der Waals surface area (Å²) in [6.45, 7) is 0.380. The normalized spacial score (nSPS) is 9.86. The van der Waals surface area contributed by atoms with Crippen molar-refractivity contribution in [3.05, 3.63) is 57.3 Å². The van der Waals surface area contributed by atoms with Gasteiger partial charge in [-0.25, -0.2) is 8.78 Å². The zero-order valence-electron chi connectivity index (χ0n) is 11.0. The number of carbonyl (C=O) groups is 1. The third kappa shape index (κ3) is 4.12. The first kappa shape index (κ1) is 15.2. The Labute approximate surface area is 124 Å². The third-order valence-electron chi connectivity index (χ3n) is 2.61. The van der Waals surface area contributed by atoms with Crippen molar-refractivity contribution in [1.29, 1.82) is 0 Å². The molecule has 0 unspecified atom stereocenters. The van der Waals surface area contributed by atoms with Crippen molar-refractivity contribution in [2.45, 2.75) is 6.54 Å². The summed E-state index contributed by atoms with van der Waals surface area (Å²) in [7, 11) is 0. The molecule has 2 aromatic rings. The molecule has 2 rings (SSSR count). The Bertz CT molecular complexity index is 716. The molecule has 6 heteroatoms. The summed E-state index contributed by atoms with van der Waals surface area (Å²) in [5, 5.41) is 4.32. The average molecular weight is 306 g/mol. The molecule has 1 aromatic heterocycles. The SMILES string of the molecule is NCC#Cc1cc(C(=O)NCc2ccc(F)c(F)c2)cs1. The fourth-order valence-electron chi connectivity index (χ4n) is 1.59. The van der Waals surface area contributed by atoms with Crippen LogP contribution in [0.1, 0.15) is 20.8 Å². The van der Waals surface area contributed by atoms with Gasteiger partial charge in [-0.2, -0.15) is 0 Å². The van der Waals surface area contributed by atoms with Crippen LogP contribution in [0.3, 0.4) is 0 Å². The summed E-state index contributed by atoms with van der Waals surface area (Å²) < 4.78 is 25.8. The van der Waals surface area contributed by atoms with Gasteiger partial charge in [0.2, 0.25) is 0 Å². The van der Waals surface area contributed by atoms with Crippen molar-refractivity contribution >= 4 is 17.2 Å². The Morgan fingerprint density at radius 2 is 2.10 bits per heavy atom. The molecular formula is C15H12F2N2OS. The number of amides is 1. The van der Waals surface area contributed by atoms with Gasteiger partial charge in [0.15, 0.2) is 11.6 Å². The zero-order chi connectivity index (χ0) is 15.2. The number of rotatable bonds is 3. The highest BCUT2D eigenvalue weighted by Crippen LogP contribution is 2.14. The number of nitrogens with two attached hydrogens (primary N) is 1. The first-order valence-corrected chi connectivity index (χ1v) is 6.97. The van der Waals surface area contributed by atoms with Gasteiger partial charge in [0.25, 0.3) is 5.91 Å². The molecule has 1 heterocycles. The highest BCUT2D eigenvalue weighted by molar-refractivity contribution is 7.10. The number of benzene rings is 1. The van der Waals surface area contributed by atoms with E-state index in [1.807, 2.05) is 0 Å². The van der Waals surface area contributed by atoms with Gasteiger partial charge in [0.05, 0.1) is 17.0 Å². The van der Waals surface area contributed by atoms with E-state index in [-0.39, 0.29) is 19.0 Å². The van der Waals surface area contributed by atoms with Gasteiger partial charge < -0.3 is 11.1 Å². The van der Waals surface area contributed by atoms with Gasteiger partial charge >= 0.3 is 0 Å². The molecule has 0 aliphatic heterocycles. The number of hydrogen-bond acceptors (Lipinski definition) is 3. The maximum Gasteiger partial charge on any atom is 0.252 e. The van der Waals surface area contributed by atoms with Crippen LogP contribution in [0.15, 0.2) is 29.6 Å². The second-order valence-corrected chi connectivity index (χ2v) is 5.05. The van der Waals surface area contributed by atoms with Gasteiger partial charge in [-0.15, -0.1) is 11.3 Å². The maximum atomic E-state index is 13.0. The van der Waals surface area contributed by atoms with E-state index in [0.29, 0.717) is 11.1 Å². The molecule has 0 radical (unpaired) electrons. The van der Waals surface area contributed by atoms with Crippen LogP contribution in [0.2, 0.25) is 0 Å². The monoisotopic (exact) mass is 306 g/mol. The molecule has 0 aliphatic carbocycles. The lowest BCUT2D eigenvalue weighted by Gasteiger charge is -2.04. The van der Waals surface area contributed by atoms with Gasteiger partial charge in [-0.05, 0) is 23.8 Å². The van der Waals surface area contributed by atoms with Crippen LogP contribution in [-0.2, 0) is 6.54 Å². The van der Waals surface area contributed by atoms with Crippen LogP contribution in [0.5, 0.6) is 0 Å². The van der Waals surface area contributed by atoms with Gasteiger partial charge in [0.1, 0.15) is 0 Å². The first-order chi connectivity index (χ1) is 10.1. The fourth-order valence-corrected chi connectivity index (χ4v) is 2.35. The molecule has 108 valence electrons. The topological polar surface area (TPSA) is 55.1 Å². The van der Waals surface area contributed by atoms with Crippen molar-refractivity contribution < 1.29 is 13.6 Å². The highest BCUT2D eigenvalue weighted by Gasteiger charge is 2.08. The summed E-state index contributed by atoms with van der Waals surface area (Å²) in [5.74, 6) is 3.41. The first-order valence-electron chi connectivity index (χ1n) is 6.09. The minimum absolute atomic E-state index is 0.121. The Balaban J connectivity index is 1.98. The van der Waals surface area contributed by atoms with Crippen molar-refractivity contribution in [2.75, 3.05) is 6.54 Å². The molecule has 1 aromatic carbocycles. The molecular weight excluding hydrogens is 294 g/mol. The maximum absolute atomic E-state index is 13.0. The summed E-state index contributed by atoms with van der Waals surface area (Å²) in [5.41, 5.74) is 6.23. The number of thiophene rings is 1. The summed E-state index contributed by atoms with van der Waals surface area (Å²) in [4.78, 5) is 12.7. The summed E-state index contributed by atoms with van der Waals surface area (Å²) in [6, 6.07) is 5.17. The van der Waals surface area contributed by atoms with Gasteiger partial charge in [-0.1, -0.05) is 17.9 Å². The van der Waals surface area contributed by atoms with Crippen molar-refractivity contribution in [1.82, 2.24) is 5.32 Å². The van der Waals surface area contributed by atoms with E-state index in [2.05, 4.69) is 17.2 Å². The average Bonchev–Trinajstić information content (AvgIpc) is 2.95. The minimum atomic E-state index is -0.934. The lowest BCUT2D eigenvalue weighted by molar-refractivity contribution is 0.0951. The predicted octanol–water partition coefficient (Wildman–Crippen LogP) is 2.27. The lowest BCUT2D eigenvalue weighted by atomic mass is 10.2. The molecule has 1 amide bonds. The fraction of sp³-hybridized carbons (Fsp3) is 0.133. The molecule has 0 fully saturated rings. The van der Waals surface area contributed by atoms with E-state index in [0.717, 1.165) is 17.0 Å². The predicted molar refractivity (Wildman–Crippen MR) is 77.8 cm³/mol. The van der Waals surface area contributed by atoms with Gasteiger partial charge in [-0.3, -0.25) is 4.79 Å². The molecule has 3 nitrogen and oxygen atoms in total. The molecule has 0 saturated carbocycles. The lowest BCUT2D eigenvalue weighted by Crippen LogP contribution is -2.22. The quantitative estimate of drug-likeness (QED) is 0.855. The van der Waals surface area contributed by atoms with E-state index < -0.39 is 11.6 Å². The number of halogens is 2. The van der Waals surface area contributed by atoms with Gasteiger partial charge in [0, 0.05) is 11.9 Å². The van der Waals surface area contributed by atoms with Crippen LogP contribution in [0.4, 0.5) is 8.78 Å². The zero-order valence-corrected chi connectivity index (χ0v) is 11.8. The molecule has 3 N–H and O–H groups in total. The molecule has 0 saturated heterocycles. The largest absolute Gasteiger partial charge is 0.348 e. The minimum Gasteiger partial charge on any atom is -0.348 e. The van der Waals surface area contributed by atoms with Crippen molar-refractivity contribution in [3.63, 3.8) is 0 Å². The van der Waals surface area contributed by atoms with E-state index >= 15 is 0 Å². The highest BCUT2D eigenvalue weighted by atomic mass is 32.1. The second-order valence-electron chi connectivity index (χ2n) is 4.14. The van der Waals surface area contributed by atoms with Crippen LogP contribution in [-0.4, -0.2) is 12.5 Å². The number of nitrogens with one attached hydrogen (secondary N) is 1. The van der Waals surface area contributed by atoms with E-state index in [4.69, 9.17) is 5.73 Å². The summed E-state index contributed by atoms with van der Waals surface area (Å²) in [6.07, 6.45) is 0. The van der Waals surface area contributed by atoms with E-state index in [9.17, 15) is 13.6 Å². The molecule has 0 bridgehead atoms. The molecule has 21 heavy (non-hydrogen) atoms. The Hall–Kier alpha value is -2.23. The number of hydrogen-bond donors (Lipinski definition) is 2. The van der Waals surface area contributed by atoms with Crippen molar-refractivity contribution in [2.24, 2.45) is 5.73 Å². The van der Waals surface area contributed by atoms with Crippen LogP contribution in [0, 0.1) is 23.5 Å². The smallest absolute Gasteiger partial charge is 0.252 e. The van der Waals surface area contributed by atoms with Crippen molar-refractivity contribution in [3.8, 4) is 11.8 Å². The third-order valence-corrected chi connectivity index (χ3v) is 3.46.